The van der Waals surface area contributed by atoms with Crippen LogP contribution in [0.2, 0.25) is 0 Å². The highest BCUT2D eigenvalue weighted by Gasteiger charge is 2.28. The van der Waals surface area contributed by atoms with Gasteiger partial charge in [-0.15, -0.1) is 0 Å². The zero-order valence-electron chi connectivity index (χ0n) is 11.9. The minimum atomic E-state index is -0.00277. The third-order valence-corrected chi connectivity index (χ3v) is 4.52. The summed E-state index contributed by atoms with van der Waals surface area (Å²) in [5.41, 5.74) is 1.26. The number of halogens is 1. The zero-order valence-corrected chi connectivity index (χ0v) is 13.5. The Kier molecular flexibility index (Phi) is 4.46. The molecule has 0 saturated heterocycles. The zero-order chi connectivity index (χ0) is 14.7. The second-order valence-corrected chi connectivity index (χ2v) is 5.96. The third-order valence-electron chi connectivity index (χ3n) is 3.75. The third kappa shape index (κ3) is 3.22. The van der Waals surface area contributed by atoms with Crippen molar-refractivity contribution in [2.45, 2.75) is 18.6 Å². The predicted octanol–water partition coefficient (Wildman–Crippen LogP) is 3.42. The first-order valence-corrected chi connectivity index (χ1v) is 7.86. The summed E-state index contributed by atoms with van der Waals surface area (Å²) in [6.07, 6.45) is 0.880. The lowest BCUT2D eigenvalue weighted by atomic mass is 10.0. The Balaban J connectivity index is 1.74. The second kappa shape index (κ2) is 6.50. The van der Waals surface area contributed by atoms with Gasteiger partial charge < -0.3 is 14.8 Å². The van der Waals surface area contributed by atoms with Crippen molar-refractivity contribution < 1.29 is 9.47 Å². The molecule has 110 valence electrons. The van der Waals surface area contributed by atoms with Crippen LogP contribution < -0.4 is 14.8 Å². The maximum atomic E-state index is 6.09. The van der Waals surface area contributed by atoms with Crippen LogP contribution in [0.15, 0.2) is 53.0 Å². The van der Waals surface area contributed by atoms with E-state index in [-0.39, 0.29) is 12.1 Å². The van der Waals surface area contributed by atoms with Gasteiger partial charge in [0.1, 0.15) is 12.7 Å². The van der Waals surface area contributed by atoms with E-state index in [1.807, 2.05) is 37.4 Å². The van der Waals surface area contributed by atoms with E-state index in [0.717, 1.165) is 22.4 Å². The Morgan fingerprint density at radius 2 is 1.86 bits per heavy atom. The van der Waals surface area contributed by atoms with Crippen molar-refractivity contribution in [1.82, 2.24) is 5.32 Å². The monoisotopic (exact) mass is 347 g/mol. The molecule has 0 fully saturated rings. The summed E-state index contributed by atoms with van der Waals surface area (Å²) in [4.78, 5) is 0. The van der Waals surface area contributed by atoms with Gasteiger partial charge in [0, 0.05) is 4.47 Å². The summed E-state index contributed by atoms with van der Waals surface area (Å²) in [7, 11) is 1.96. The number of nitrogens with one attached hydrogen (secondary N) is 1. The van der Waals surface area contributed by atoms with Crippen LogP contribution in [0.1, 0.15) is 5.56 Å². The summed E-state index contributed by atoms with van der Waals surface area (Å²) in [5.74, 6) is 1.64. The normalized spacial score (nSPS) is 18.3. The minimum Gasteiger partial charge on any atom is -0.486 e. The average molecular weight is 348 g/mol. The SMILES string of the molecule is CNC(Cc1ccccc1Br)C1COc2ccccc2O1. The molecule has 2 aromatic carbocycles. The van der Waals surface area contributed by atoms with Gasteiger partial charge in [0.05, 0.1) is 6.04 Å². The molecule has 2 aromatic rings. The Bertz CT molecular complexity index is 617. The lowest BCUT2D eigenvalue weighted by Gasteiger charge is -2.32. The maximum Gasteiger partial charge on any atom is 0.161 e. The molecule has 0 spiro atoms. The van der Waals surface area contributed by atoms with Crippen LogP contribution in [0.4, 0.5) is 0 Å². The topological polar surface area (TPSA) is 30.5 Å². The standard InChI is InChI=1S/C17H18BrNO2/c1-19-14(10-12-6-2-3-7-13(12)18)17-11-20-15-8-4-5-9-16(15)21-17/h2-9,14,17,19H,10-11H2,1H3. The molecule has 21 heavy (non-hydrogen) atoms. The fourth-order valence-electron chi connectivity index (χ4n) is 2.55. The van der Waals surface area contributed by atoms with Crippen molar-refractivity contribution in [2.24, 2.45) is 0 Å². The number of rotatable bonds is 4. The molecule has 0 radical (unpaired) electrons. The van der Waals surface area contributed by atoms with Crippen LogP contribution >= 0.6 is 15.9 Å². The van der Waals surface area contributed by atoms with Gasteiger partial charge in [0.15, 0.2) is 11.5 Å². The lowest BCUT2D eigenvalue weighted by Crippen LogP contribution is -2.47. The average Bonchev–Trinajstić information content (AvgIpc) is 2.54. The van der Waals surface area contributed by atoms with Crippen LogP contribution in [0.25, 0.3) is 0 Å². The minimum absolute atomic E-state index is 0.00277. The number of ether oxygens (including phenoxy) is 2. The van der Waals surface area contributed by atoms with Gasteiger partial charge >= 0.3 is 0 Å². The highest BCUT2D eigenvalue weighted by atomic mass is 79.9. The quantitative estimate of drug-likeness (QED) is 0.919. The van der Waals surface area contributed by atoms with Crippen LogP contribution in [0.3, 0.4) is 0 Å². The number of hydrogen-bond donors (Lipinski definition) is 1. The first kappa shape index (κ1) is 14.4. The van der Waals surface area contributed by atoms with Crippen LogP contribution in [-0.2, 0) is 6.42 Å². The van der Waals surface area contributed by atoms with Gasteiger partial charge in [-0.2, -0.15) is 0 Å². The first-order chi connectivity index (χ1) is 10.3. The lowest BCUT2D eigenvalue weighted by molar-refractivity contribution is 0.0640. The molecule has 0 bridgehead atoms. The van der Waals surface area contributed by atoms with Crippen molar-refractivity contribution in [2.75, 3.05) is 13.7 Å². The number of fused-ring (bicyclic) bond motifs is 1. The maximum absolute atomic E-state index is 6.09. The van der Waals surface area contributed by atoms with E-state index in [0.29, 0.717) is 6.61 Å². The molecule has 3 nitrogen and oxygen atoms in total. The Labute approximate surface area is 133 Å². The molecule has 2 atom stereocenters. The van der Waals surface area contributed by atoms with E-state index >= 15 is 0 Å². The van der Waals surface area contributed by atoms with E-state index in [2.05, 4.69) is 39.4 Å². The summed E-state index contributed by atoms with van der Waals surface area (Å²) in [6, 6.07) is 16.3. The number of likely N-dealkylation sites (N-methyl/N-ethyl adjacent to an activating group) is 1. The molecule has 1 aliphatic rings. The second-order valence-electron chi connectivity index (χ2n) is 5.10. The van der Waals surface area contributed by atoms with Crippen molar-refractivity contribution in [3.05, 3.63) is 58.6 Å². The highest BCUT2D eigenvalue weighted by molar-refractivity contribution is 9.10. The van der Waals surface area contributed by atoms with Crippen molar-refractivity contribution in [3.63, 3.8) is 0 Å². The summed E-state index contributed by atoms with van der Waals surface area (Å²) in [6.45, 7) is 0.562. The highest BCUT2D eigenvalue weighted by Crippen LogP contribution is 2.32. The predicted molar refractivity (Wildman–Crippen MR) is 87.0 cm³/mol. The largest absolute Gasteiger partial charge is 0.486 e. The van der Waals surface area contributed by atoms with Gasteiger partial charge in [-0.05, 0) is 37.2 Å². The molecular formula is C17H18BrNO2. The van der Waals surface area contributed by atoms with Gasteiger partial charge in [-0.1, -0.05) is 46.3 Å². The molecule has 0 aliphatic carbocycles. The van der Waals surface area contributed by atoms with Gasteiger partial charge in [-0.25, -0.2) is 0 Å². The molecule has 0 aromatic heterocycles. The van der Waals surface area contributed by atoms with Crippen LogP contribution in [0.5, 0.6) is 11.5 Å². The van der Waals surface area contributed by atoms with Crippen molar-refractivity contribution in [1.29, 1.82) is 0 Å². The van der Waals surface area contributed by atoms with Crippen LogP contribution in [0, 0.1) is 0 Å². The first-order valence-electron chi connectivity index (χ1n) is 7.07. The van der Waals surface area contributed by atoms with Gasteiger partial charge in [-0.3, -0.25) is 0 Å². The van der Waals surface area contributed by atoms with Gasteiger partial charge in [0.2, 0.25) is 0 Å². The van der Waals surface area contributed by atoms with Crippen molar-refractivity contribution in [3.8, 4) is 11.5 Å². The van der Waals surface area contributed by atoms with E-state index in [1.54, 1.807) is 0 Å². The van der Waals surface area contributed by atoms with Crippen molar-refractivity contribution >= 4 is 15.9 Å². The van der Waals surface area contributed by atoms with E-state index < -0.39 is 0 Å². The van der Waals surface area contributed by atoms with E-state index in [4.69, 9.17) is 9.47 Å². The van der Waals surface area contributed by atoms with Gasteiger partial charge in [0.25, 0.3) is 0 Å². The molecule has 1 aliphatic heterocycles. The number of para-hydroxylation sites is 2. The smallest absolute Gasteiger partial charge is 0.161 e. The van der Waals surface area contributed by atoms with E-state index in [1.165, 1.54) is 5.56 Å². The summed E-state index contributed by atoms with van der Waals surface area (Å²) >= 11 is 3.60. The fraction of sp³-hybridized carbons (Fsp3) is 0.294. The van der Waals surface area contributed by atoms with Crippen LogP contribution in [-0.4, -0.2) is 25.8 Å². The molecule has 1 N–H and O–H groups in total. The van der Waals surface area contributed by atoms with E-state index in [9.17, 15) is 0 Å². The molecule has 0 saturated carbocycles. The Morgan fingerprint density at radius 1 is 1.14 bits per heavy atom. The summed E-state index contributed by atoms with van der Waals surface area (Å²) in [5, 5.41) is 3.35. The molecular weight excluding hydrogens is 330 g/mol. The Morgan fingerprint density at radius 3 is 2.62 bits per heavy atom. The molecule has 3 rings (SSSR count). The summed E-state index contributed by atoms with van der Waals surface area (Å²) < 4.78 is 13.0. The number of benzene rings is 2. The molecule has 0 amide bonds. The number of hydrogen-bond acceptors (Lipinski definition) is 3. The Hall–Kier alpha value is -1.52. The molecule has 4 heteroatoms. The molecule has 1 heterocycles. The molecule has 2 unspecified atom stereocenters. The fourth-order valence-corrected chi connectivity index (χ4v) is 3.00.